The van der Waals surface area contributed by atoms with Gasteiger partial charge in [0.15, 0.2) is 11.6 Å². The number of hydrogen-bond donors (Lipinski definition) is 0. The average Bonchev–Trinajstić information content (AvgIpc) is 3.82. The highest BCUT2D eigenvalue weighted by molar-refractivity contribution is 7.25. The van der Waals surface area contributed by atoms with E-state index in [9.17, 15) is 0 Å². The van der Waals surface area contributed by atoms with E-state index in [4.69, 9.17) is 19.9 Å². The van der Waals surface area contributed by atoms with Gasteiger partial charge in [-0.15, -0.1) is 11.3 Å². The first kappa shape index (κ1) is 27.7. The van der Waals surface area contributed by atoms with Crippen LogP contribution < -0.4 is 0 Å². The summed E-state index contributed by atoms with van der Waals surface area (Å²) in [7, 11) is 0. The molecule has 6 nitrogen and oxygen atoms in total. The van der Waals surface area contributed by atoms with E-state index in [1.165, 1.54) is 10.1 Å². The van der Waals surface area contributed by atoms with Crippen LogP contribution in [0.4, 0.5) is 0 Å². The van der Waals surface area contributed by atoms with E-state index >= 15 is 0 Å². The molecular formula is C42H26N6S. The van der Waals surface area contributed by atoms with Crippen molar-refractivity contribution in [2.75, 3.05) is 0 Å². The van der Waals surface area contributed by atoms with Gasteiger partial charge in [-0.2, -0.15) is 9.97 Å². The number of nitrogens with zero attached hydrogens (tertiary/aromatic N) is 6. The number of para-hydroxylation sites is 1. The summed E-state index contributed by atoms with van der Waals surface area (Å²) < 4.78 is 5.76. The standard InChI is InChI=1S/C42H26N6S/c1-4-15-27(16-5-1)32-23-14-26-35(43-32)47-33-24-12-10-21-30(33)37-38(47)36-31-22-11-13-25-34(31)49-41(36)48(37)42-45-39(28-17-6-2-7-18-28)44-40(46-42)29-19-8-3-9-20-29/h1-26H. The summed E-state index contributed by atoms with van der Waals surface area (Å²) in [5, 5.41) is 3.44. The van der Waals surface area contributed by atoms with Crippen molar-refractivity contribution in [2.45, 2.75) is 0 Å². The molecule has 0 saturated carbocycles. The third-order valence-corrected chi connectivity index (χ3v) is 10.2. The minimum Gasteiger partial charge on any atom is -0.291 e. The van der Waals surface area contributed by atoms with Crippen LogP contribution in [0, 0.1) is 0 Å². The Kier molecular flexibility index (Phi) is 6.25. The molecule has 0 aliphatic carbocycles. The fourth-order valence-electron chi connectivity index (χ4n) is 6.84. The average molecular weight is 647 g/mol. The van der Waals surface area contributed by atoms with Gasteiger partial charge in [0.05, 0.1) is 22.2 Å². The fraction of sp³-hybridized carbons (Fsp3) is 0. The monoisotopic (exact) mass is 646 g/mol. The van der Waals surface area contributed by atoms with Crippen LogP contribution in [-0.2, 0) is 0 Å². The number of hydrogen-bond acceptors (Lipinski definition) is 5. The minimum atomic E-state index is 0.577. The van der Waals surface area contributed by atoms with Crippen molar-refractivity contribution < 1.29 is 0 Å². The van der Waals surface area contributed by atoms with E-state index < -0.39 is 0 Å². The number of rotatable bonds is 5. The maximum absolute atomic E-state index is 5.26. The summed E-state index contributed by atoms with van der Waals surface area (Å²) in [4.78, 5) is 21.7. The van der Waals surface area contributed by atoms with Crippen LogP contribution >= 0.6 is 11.3 Å². The normalized spacial score (nSPS) is 11.7. The van der Waals surface area contributed by atoms with Gasteiger partial charge < -0.3 is 0 Å². The quantitative estimate of drug-likeness (QED) is 0.187. The van der Waals surface area contributed by atoms with Crippen LogP contribution in [0.25, 0.3) is 88.0 Å². The van der Waals surface area contributed by atoms with Gasteiger partial charge >= 0.3 is 0 Å². The molecule has 0 aliphatic heterocycles. The van der Waals surface area contributed by atoms with Crippen LogP contribution in [0.5, 0.6) is 0 Å². The lowest BCUT2D eigenvalue weighted by atomic mass is 10.1. The molecule has 230 valence electrons. The third-order valence-electron chi connectivity index (χ3n) is 9.01. The van der Waals surface area contributed by atoms with Crippen LogP contribution in [0.1, 0.15) is 0 Å². The van der Waals surface area contributed by atoms with Gasteiger partial charge in [-0.25, -0.2) is 9.97 Å². The molecule has 0 atom stereocenters. The summed E-state index contributed by atoms with van der Waals surface area (Å²) in [6.07, 6.45) is 0. The molecule has 0 aliphatic rings. The van der Waals surface area contributed by atoms with Crippen molar-refractivity contribution in [3.8, 4) is 45.8 Å². The highest BCUT2D eigenvalue weighted by atomic mass is 32.1. The molecule has 10 aromatic rings. The third kappa shape index (κ3) is 4.40. The summed E-state index contributed by atoms with van der Waals surface area (Å²) in [5.74, 6) is 2.68. The molecule has 0 unspecified atom stereocenters. The van der Waals surface area contributed by atoms with Gasteiger partial charge in [0.1, 0.15) is 10.6 Å². The van der Waals surface area contributed by atoms with Gasteiger partial charge in [0, 0.05) is 37.5 Å². The second-order valence-corrected chi connectivity index (χ2v) is 13.0. The Hall–Kier alpha value is -6.44. The van der Waals surface area contributed by atoms with Crippen LogP contribution in [0.3, 0.4) is 0 Å². The highest BCUT2D eigenvalue weighted by Gasteiger charge is 2.27. The molecule has 0 N–H and O–H groups in total. The molecule has 0 amide bonds. The lowest BCUT2D eigenvalue weighted by Gasteiger charge is -2.10. The first-order valence-corrected chi connectivity index (χ1v) is 17.0. The smallest absolute Gasteiger partial charge is 0.239 e. The zero-order valence-corrected chi connectivity index (χ0v) is 26.9. The maximum atomic E-state index is 5.26. The largest absolute Gasteiger partial charge is 0.291 e. The van der Waals surface area contributed by atoms with Crippen molar-refractivity contribution in [3.05, 3.63) is 158 Å². The fourth-order valence-corrected chi connectivity index (χ4v) is 8.05. The predicted octanol–water partition coefficient (Wildman–Crippen LogP) is 10.5. The maximum Gasteiger partial charge on any atom is 0.239 e. The Morgan fingerprint density at radius 2 is 1.02 bits per heavy atom. The molecule has 0 fully saturated rings. The first-order chi connectivity index (χ1) is 24.3. The van der Waals surface area contributed by atoms with E-state index in [1.807, 2.05) is 66.7 Å². The van der Waals surface area contributed by atoms with E-state index in [0.717, 1.165) is 60.4 Å². The van der Waals surface area contributed by atoms with Crippen LogP contribution in [0.15, 0.2) is 158 Å². The van der Waals surface area contributed by atoms with Gasteiger partial charge in [-0.3, -0.25) is 9.13 Å². The molecule has 5 aromatic heterocycles. The van der Waals surface area contributed by atoms with Gasteiger partial charge in [-0.1, -0.05) is 133 Å². The van der Waals surface area contributed by atoms with Crippen molar-refractivity contribution in [1.29, 1.82) is 0 Å². The molecule has 0 spiro atoms. The zero-order chi connectivity index (χ0) is 32.3. The summed E-state index contributed by atoms with van der Waals surface area (Å²) in [6.45, 7) is 0. The number of pyridine rings is 1. The van der Waals surface area contributed by atoms with Gasteiger partial charge in [0.25, 0.3) is 0 Å². The van der Waals surface area contributed by atoms with E-state index in [1.54, 1.807) is 11.3 Å². The van der Waals surface area contributed by atoms with Crippen molar-refractivity contribution >= 4 is 53.6 Å². The van der Waals surface area contributed by atoms with Gasteiger partial charge in [-0.05, 0) is 24.3 Å². The zero-order valence-electron chi connectivity index (χ0n) is 26.1. The van der Waals surface area contributed by atoms with Crippen LogP contribution in [0.2, 0.25) is 0 Å². The molecule has 5 aromatic carbocycles. The van der Waals surface area contributed by atoms with Gasteiger partial charge in [0.2, 0.25) is 5.95 Å². The molecule has 0 radical (unpaired) electrons. The number of thiophene rings is 1. The molecule has 7 heteroatoms. The second-order valence-electron chi connectivity index (χ2n) is 11.9. The lowest BCUT2D eigenvalue weighted by Crippen LogP contribution is -2.06. The SMILES string of the molecule is c1ccc(-c2cccc(-n3c4ccccc4c4c3c3c5ccccc5sc3n4-c3nc(-c4ccccc4)nc(-c4ccccc4)n3)n2)cc1. The van der Waals surface area contributed by atoms with Crippen molar-refractivity contribution in [1.82, 2.24) is 29.1 Å². The van der Waals surface area contributed by atoms with Crippen molar-refractivity contribution in [2.24, 2.45) is 0 Å². The van der Waals surface area contributed by atoms with E-state index in [0.29, 0.717) is 17.6 Å². The molecule has 0 bridgehead atoms. The molecule has 5 heterocycles. The topological polar surface area (TPSA) is 61.4 Å². The Labute approximate surface area is 285 Å². The van der Waals surface area contributed by atoms with Crippen molar-refractivity contribution in [3.63, 3.8) is 0 Å². The van der Waals surface area contributed by atoms with E-state index in [-0.39, 0.29) is 0 Å². The Morgan fingerprint density at radius 1 is 0.429 bits per heavy atom. The summed E-state index contributed by atoms with van der Waals surface area (Å²) in [5.41, 5.74) is 7.05. The summed E-state index contributed by atoms with van der Waals surface area (Å²) >= 11 is 1.76. The second kappa shape index (κ2) is 11.1. The van der Waals surface area contributed by atoms with E-state index in [2.05, 4.69) is 100 Å². The number of fused-ring (bicyclic) bond motifs is 7. The number of aromatic nitrogens is 6. The number of benzene rings is 5. The molecule has 10 rings (SSSR count). The predicted molar refractivity (Wildman–Crippen MR) is 200 cm³/mol. The molecule has 0 saturated heterocycles. The Morgan fingerprint density at radius 3 is 1.71 bits per heavy atom. The highest BCUT2D eigenvalue weighted by Crippen LogP contribution is 2.46. The Balaban J connectivity index is 1.35. The first-order valence-electron chi connectivity index (χ1n) is 16.2. The molecular weight excluding hydrogens is 621 g/mol. The molecule has 49 heavy (non-hydrogen) atoms. The Bertz CT molecular complexity index is 2760. The lowest BCUT2D eigenvalue weighted by molar-refractivity contribution is 0.958. The van der Waals surface area contributed by atoms with Crippen LogP contribution in [-0.4, -0.2) is 29.1 Å². The summed E-state index contributed by atoms with van der Waals surface area (Å²) in [6, 6.07) is 54.1. The minimum absolute atomic E-state index is 0.577.